The largest absolute Gasteiger partial charge is 0.375 e. The average Bonchev–Trinajstić information content (AvgIpc) is 2.36. The molecule has 1 heterocycles. The van der Waals surface area contributed by atoms with Crippen molar-refractivity contribution in [3.05, 3.63) is 0 Å². The summed E-state index contributed by atoms with van der Waals surface area (Å²) in [6.45, 7) is 8.35. The summed E-state index contributed by atoms with van der Waals surface area (Å²) >= 11 is 5.28. The van der Waals surface area contributed by atoms with Gasteiger partial charge in [0.05, 0.1) is 5.60 Å². The van der Waals surface area contributed by atoms with Crippen LogP contribution in [0.15, 0.2) is 0 Å². The molecule has 0 aromatic heterocycles. The second kappa shape index (κ2) is 7.17. The topological polar surface area (TPSA) is 33.3 Å². The van der Waals surface area contributed by atoms with Gasteiger partial charge in [-0.2, -0.15) is 0 Å². The van der Waals surface area contributed by atoms with Crippen LogP contribution in [-0.4, -0.2) is 29.9 Å². The van der Waals surface area contributed by atoms with Crippen molar-refractivity contribution >= 4 is 17.3 Å². The Balaban J connectivity index is 2.41. The van der Waals surface area contributed by atoms with Crippen LogP contribution < -0.4 is 10.6 Å². The predicted octanol–water partition coefficient (Wildman–Crippen LogP) is 2.60. The Morgan fingerprint density at radius 2 is 2.06 bits per heavy atom. The van der Waals surface area contributed by atoms with Gasteiger partial charge >= 0.3 is 0 Å². The third-order valence-electron chi connectivity index (χ3n) is 3.65. The van der Waals surface area contributed by atoms with E-state index in [0.717, 1.165) is 50.4 Å². The zero-order chi connectivity index (χ0) is 12.7. The van der Waals surface area contributed by atoms with E-state index in [2.05, 4.69) is 31.4 Å². The number of nitrogens with one attached hydrogen (secondary N) is 2. The molecule has 1 atom stereocenters. The fourth-order valence-electron chi connectivity index (χ4n) is 2.37. The van der Waals surface area contributed by atoms with Gasteiger partial charge in [-0.05, 0) is 44.3 Å². The summed E-state index contributed by atoms with van der Waals surface area (Å²) in [4.78, 5) is 0. The van der Waals surface area contributed by atoms with Gasteiger partial charge < -0.3 is 15.4 Å². The van der Waals surface area contributed by atoms with Crippen LogP contribution in [0.5, 0.6) is 0 Å². The first-order valence-electron chi connectivity index (χ1n) is 6.84. The van der Waals surface area contributed by atoms with E-state index >= 15 is 0 Å². The summed E-state index contributed by atoms with van der Waals surface area (Å²) in [6.07, 6.45) is 5.38. The molecule has 100 valence electrons. The van der Waals surface area contributed by atoms with E-state index in [9.17, 15) is 0 Å². The summed E-state index contributed by atoms with van der Waals surface area (Å²) in [5.74, 6) is 0. The van der Waals surface area contributed by atoms with Crippen LogP contribution in [0.4, 0.5) is 0 Å². The van der Waals surface area contributed by atoms with Gasteiger partial charge in [-0.3, -0.25) is 0 Å². The van der Waals surface area contributed by atoms with Crippen LogP contribution in [0, 0.1) is 0 Å². The molecule has 3 nitrogen and oxygen atoms in total. The maximum Gasteiger partial charge on any atom is 0.166 e. The lowest BCUT2D eigenvalue weighted by atomic mass is 9.86. The van der Waals surface area contributed by atoms with Crippen molar-refractivity contribution in [2.75, 3.05) is 13.2 Å². The third kappa shape index (κ3) is 4.43. The van der Waals surface area contributed by atoms with Gasteiger partial charge in [0.25, 0.3) is 0 Å². The molecule has 1 fully saturated rings. The molecule has 2 N–H and O–H groups in total. The second-order valence-electron chi connectivity index (χ2n) is 4.83. The van der Waals surface area contributed by atoms with Crippen molar-refractivity contribution in [1.29, 1.82) is 0 Å². The molecular weight excluding hydrogens is 232 g/mol. The predicted molar refractivity (Wildman–Crippen MR) is 76.3 cm³/mol. The van der Waals surface area contributed by atoms with Gasteiger partial charge in [-0.1, -0.05) is 20.8 Å². The van der Waals surface area contributed by atoms with Crippen LogP contribution >= 0.6 is 12.2 Å². The molecule has 0 bridgehead atoms. The first-order chi connectivity index (χ1) is 8.15. The monoisotopic (exact) mass is 258 g/mol. The minimum Gasteiger partial charge on any atom is -0.375 e. The molecule has 0 aromatic rings. The Hall–Kier alpha value is -0.350. The number of hydrogen-bond acceptors (Lipinski definition) is 2. The standard InChI is InChI=1S/C13H26N2OS/c1-4-8-14-12(17)15-11-7-9-16-13(5-2,6-3)10-11/h11H,4-10H2,1-3H3,(H2,14,15,17). The zero-order valence-corrected chi connectivity index (χ0v) is 12.2. The highest BCUT2D eigenvalue weighted by molar-refractivity contribution is 7.80. The number of rotatable bonds is 5. The minimum absolute atomic E-state index is 0.0658. The summed E-state index contributed by atoms with van der Waals surface area (Å²) in [6, 6.07) is 0.459. The first-order valence-corrected chi connectivity index (χ1v) is 7.25. The number of ether oxygens (including phenoxy) is 1. The lowest BCUT2D eigenvalue weighted by Crippen LogP contribution is -2.50. The van der Waals surface area contributed by atoms with Crippen molar-refractivity contribution in [1.82, 2.24) is 10.6 Å². The summed E-state index contributed by atoms with van der Waals surface area (Å²) in [7, 11) is 0. The molecule has 1 unspecified atom stereocenters. The fourth-order valence-corrected chi connectivity index (χ4v) is 2.64. The van der Waals surface area contributed by atoms with Crippen LogP contribution in [0.1, 0.15) is 52.9 Å². The van der Waals surface area contributed by atoms with Crippen molar-refractivity contribution in [2.45, 2.75) is 64.5 Å². The lowest BCUT2D eigenvalue weighted by Gasteiger charge is -2.40. The molecule has 1 saturated heterocycles. The maximum atomic E-state index is 5.95. The first kappa shape index (κ1) is 14.7. The zero-order valence-electron chi connectivity index (χ0n) is 11.3. The van der Waals surface area contributed by atoms with Gasteiger partial charge in [0.1, 0.15) is 0 Å². The number of hydrogen-bond donors (Lipinski definition) is 2. The highest BCUT2D eigenvalue weighted by Crippen LogP contribution is 2.31. The van der Waals surface area contributed by atoms with Crippen molar-refractivity contribution in [3.8, 4) is 0 Å². The fraction of sp³-hybridized carbons (Fsp3) is 0.923. The molecular formula is C13H26N2OS. The van der Waals surface area contributed by atoms with Crippen LogP contribution in [0.3, 0.4) is 0 Å². The van der Waals surface area contributed by atoms with Crippen molar-refractivity contribution < 1.29 is 4.74 Å². The SMILES string of the molecule is CCCNC(=S)NC1CCOC(CC)(CC)C1. The molecule has 0 spiro atoms. The summed E-state index contributed by atoms with van der Waals surface area (Å²) < 4.78 is 5.95. The summed E-state index contributed by atoms with van der Waals surface area (Å²) in [5.41, 5.74) is 0.0658. The van der Waals surface area contributed by atoms with E-state index in [1.807, 2.05) is 0 Å². The highest BCUT2D eigenvalue weighted by atomic mass is 32.1. The van der Waals surface area contributed by atoms with Gasteiger partial charge in [0.15, 0.2) is 5.11 Å². The normalized spacial score (nSPS) is 23.1. The van der Waals surface area contributed by atoms with E-state index in [0.29, 0.717) is 6.04 Å². The van der Waals surface area contributed by atoms with Crippen molar-refractivity contribution in [2.24, 2.45) is 0 Å². The summed E-state index contributed by atoms with van der Waals surface area (Å²) in [5, 5.41) is 7.43. The lowest BCUT2D eigenvalue weighted by molar-refractivity contribution is -0.0910. The van der Waals surface area contributed by atoms with Gasteiger partial charge in [0, 0.05) is 19.2 Å². The third-order valence-corrected chi connectivity index (χ3v) is 3.91. The quantitative estimate of drug-likeness (QED) is 0.743. The molecule has 1 rings (SSSR count). The van der Waals surface area contributed by atoms with Gasteiger partial charge in [0.2, 0.25) is 0 Å². The minimum atomic E-state index is 0.0658. The Labute approximate surface area is 111 Å². The Bertz CT molecular complexity index is 242. The van der Waals surface area contributed by atoms with Crippen molar-refractivity contribution in [3.63, 3.8) is 0 Å². The molecule has 0 amide bonds. The van der Waals surface area contributed by atoms with Crippen LogP contribution in [0.25, 0.3) is 0 Å². The van der Waals surface area contributed by atoms with E-state index in [-0.39, 0.29) is 5.60 Å². The molecule has 0 aliphatic carbocycles. The van der Waals surface area contributed by atoms with E-state index in [1.165, 1.54) is 0 Å². The molecule has 17 heavy (non-hydrogen) atoms. The molecule has 1 aliphatic heterocycles. The van der Waals surface area contributed by atoms with E-state index in [4.69, 9.17) is 17.0 Å². The molecule has 0 aromatic carbocycles. The average molecular weight is 258 g/mol. The highest BCUT2D eigenvalue weighted by Gasteiger charge is 2.34. The molecule has 4 heteroatoms. The molecule has 0 saturated carbocycles. The maximum absolute atomic E-state index is 5.95. The van der Waals surface area contributed by atoms with Crippen LogP contribution in [0.2, 0.25) is 0 Å². The Morgan fingerprint density at radius 3 is 2.65 bits per heavy atom. The Kier molecular flexibility index (Phi) is 6.20. The second-order valence-corrected chi connectivity index (χ2v) is 5.24. The van der Waals surface area contributed by atoms with E-state index < -0.39 is 0 Å². The Morgan fingerprint density at radius 1 is 1.35 bits per heavy atom. The van der Waals surface area contributed by atoms with Gasteiger partial charge in [-0.25, -0.2) is 0 Å². The van der Waals surface area contributed by atoms with E-state index in [1.54, 1.807) is 0 Å². The number of thiocarbonyl (C=S) groups is 1. The smallest absolute Gasteiger partial charge is 0.166 e. The van der Waals surface area contributed by atoms with Gasteiger partial charge in [-0.15, -0.1) is 0 Å². The molecule has 0 radical (unpaired) electrons. The molecule has 1 aliphatic rings. The van der Waals surface area contributed by atoms with Crippen LogP contribution in [-0.2, 0) is 4.74 Å².